The van der Waals surface area contributed by atoms with E-state index in [1.54, 1.807) is 20.5 Å². The van der Waals surface area contributed by atoms with Gasteiger partial charge in [-0.2, -0.15) is 0 Å². The molecule has 6 heteroatoms. The largest absolute Gasteiger partial charge is 0.493 e. The Balaban J connectivity index is 1.91. The molecule has 26 heavy (non-hydrogen) atoms. The van der Waals surface area contributed by atoms with Gasteiger partial charge >= 0.3 is 0 Å². The first-order valence-corrected chi connectivity index (χ1v) is 8.88. The van der Waals surface area contributed by atoms with Crippen molar-refractivity contribution in [2.75, 3.05) is 33.9 Å². The number of hydrogen-bond acceptors (Lipinski definition) is 6. The molecule has 0 aliphatic rings. The van der Waals surface area contributed by atoms with Crippen molar-refractivity contribution >= 4 is 0 Å². The summed E-state index contributed by atoms with van der Waals surface area (Å²) in [6, 6.07) is 9.52. The predicted molar refractivity (Wildman–Crippen MR) is 99.5 cm³/mol. The second-order valence-electron chi connectivity index (χ2n) is 6.14. The summed E-state index contributed by atoms with van der Waals surface area (Å²) in [6.07, 6.45) is 2.03. The van der Waals surface area contributed by atoms with Crippen LogP contribution in [0.2, 0.25) is 0 Å². The average Bonchev–Trinajstić information content (AvgIpc) is 3.15. The van der Waals surface area contributed by atoms with Crippen LogP contribution in [0.5, 0.6) is 11.5 Å². The zero-order valence-electron chi connectivity index (χ0n) is 15.8. The molecule has 0 saturated heterocycles. The third-order valence-corrected chi connectivity index (χ3v) is 4.02. The first kappa shape index (κ1) is 20.3. The Hall–Kier alpha value is -2.02. The average molecular weight is 363 g/mol. The summed E-state index contributed by atoms with van der Waals surface area (Å²) in [5.41, 5.74) is 1.03. The smallest absolute Gasteiger partial charge is 0.165 e. The Labute approximate surface area is 155 Å². The van der Waals surface area contributed by atoms with E-state index in [0.717, 1.165) is 30.0 Å². The number of furan rings is 1. The van der Waals surface area contributed by atoms with E-state index in [1.807, 2.05) is 30.3 Å². The number of hydrogen-bond donors (Lipinski definition) is 1. The van der Waals surface area contributed by atoms with Crippen LogP contribution in [-0.4, -0.2) is 50.0 Å². The number of methoxy groups -OCH3 is 2. The van der Waals surface area contributed by atoms with Gasteiger partial charge in [-0.1, -0.05) is 19.1 Å². The third-order valence-electron chi connectivity index (χ3n) is 4.02. The highest BCUT2D eigenvalue weighted by atomic mass is 16.5. The van der Waals surface area contributed by atoms with Gasteiger partial charge in [-0.3, -0.25) is 4.90 Å². The Morgan fingerprint density at radius 1 is 1.15 bits per heavy atom. The zero-order chi connectivity index (χ0) is 18.8. The molecule has 0 aliphatic heterocycles. The first-order valence-electron chi connectivity index (χ1n) is 8.88. The summed E-state index contributed by atoms with van der Waals surface area (Å²) >= 11 is 0. The molecule has 1 N–H and O–H groups in total. The van der Waals surface area contributed by atoms with E-state index in [0.29, 0.717) is 25.4 Å². The van der Waals surface area contributed by atoms with Gasteiger partial charge in [-0.15, -0.1) is 0 Å². The van der Waals surface area contributed by atoms with Crippen LogP contribution in [0.25, 0.3) is 0 Å². The van der Waals surface area contributed by atoms with Crippen molar-refractivity contribution in [3.63, 3.8) is 0 Å². The van der Waals surface area contributed by atoms with E-state index in [1.165, 1.54) is 0 Å². The molecular formula is C20H29NO5. The molecule has 0 fully saturated rings. The molecule has 144 valence electrons. The first-order chi connectivity index (χ1) is 12.7. The predicted octanol–water partition coefficient (Wildman–Crippen LogP) is 3.09. The topological polar surface area (TPSA) is 64.3 Å². The number of benzene rings is 1. The summed E-state index contributed by atoms with van der Waals surface area (Å²) in [6.45, 7) is 4.80. The Morgan fingerprint density at radius 3 is 2.65 bits per heavy atom. The lowest BCUT2D eigenvalue weighted by molar-refractivity contribution is 0.00377. The number of ether oxygens (including phenoxy) is 3. The molecule has 0 unspecified atom stereocenters. The van der Waals surface area contributed by atoms with Crippen molar-refractivity contribution in [3.8, 4) is 11.5 Å². The van der Waals surface area contributed by atoms with Crippen molar-refractivity contribution in [3.05, 3.63) is 47.9 Å². The van der Waals surface area contributed by atoms with Crippen LogP contribution in [-0.2, 0) is 17.9 Å². The van der Waals surface area contributed by atoms with Gasteiger partial charge in [0.1, 0.15) is 12.4 Å². The van der Waals surface area contributed by atoms with Gasteiger partial charge in [0.05, 0.1) is 33.2 Å². The molecular weight excluding hydrogens is 334 g/mol. The van der Waals surface area contributed by atoms with E-state index in [9.17, 15) is 5.11 Å². The summed E-state index contributed by atoms with van der Waals surface area (Å²) in [5, 5.41) is 10.3. The molecule has 0 bridgehead atoms. The summed E-state index contributed by atoms with van der Waals surface area (Å²) in [4.78, 5) is 2.19. The fraction of sp³-hybridized carbons (Fsp3) is 0.500. The summed E-state index contributed by atoms with van der Waals surface area (Å²) < 4.78 is 21.6. The minimum atomic E-state index is -0.576. The summed E-state index contributed by atoms with van der Waals surface area (Å²) in [5.74, 6) is 2.20. The van der Waals surface area contributed by atoms with Gasteiger partial charge in [-0.05, 0) is 31.2 Å². The maximum Gasteiger partial charge on any atom is 0.165 e. The van der Waals surface area contributed by atoms with E-state index < -0.39 is 6.10 Å². The van der Waals surface area contributed by atoms with Crippen LogP contribution in [0.4, 0.5) is 0 Å². The number of para-hydroxylation sites is 1. The highest BCUT2D eigenvalue weighted by Crippen LogP contribution is 2.31. The van der Waals surface area contributed by atoms with Crippen LogP contribution in [0.15, 0.2) is 41.0 Å². The number of nitrogens with zero attached hydrogens (tertiary/aromatic N) is 1. The molecule has 1 heterocycles. The van der Waals surface area contributed by atoms with Crippen LogP contribution < -0.4 is 9.47 Å². The number of aliphatic hydroxyl groups is 1. The lowest BCUT2D eigenvalue weighted by atomic mass is 10.1. The summed E-state index contributed by atoms with van der Waals surface area (Å²) in [7, 11) is 3.27. The molecule has 0 radical (unpaired) electrons. The van der Waals surface area contributed by atoms with E-state index >= 15 is 0 Å². The SMILES string of the molecule is CCCN(Cc1cccc(OC)c1OC)C[C@H](O)COCc1ccco1. The van der Waals surface area contributed by atoms with Gasteiger partial charge < -0.3 is 23.7 Å². The Kier molecular flexibility index (Phi) is 8.47. The Bertz CT molecular complexity index is 629. The minimum absolute atomic E-state index is 0.260. The minimum Gasteiger partial charge on any atom is -0.493 e. The standard InChI is InChI=1S/C20H29NO5/c1-4-10-21(12-16-7-5-9-19(23-2)20(16)24-3)13-17(22)14-25-15-18-8-6-11-26-18/h5-9,11,17,22H,4,10,12-15H2,1-3H3/t17-/m0/s1. The second kappa shape index (κ2) is 10.9. The highest BCUT2D eigenvalue weighted by molar-refractivity contribution is 5.46. The molecule has 1 aromatic heterocycles. The molecule has 2 rings (SSSR count). The lowest BCUT2D eigenvalue weighted by Crippen LogP contribution is -2.35. The van der Waals surface area contributed by atoms with Crippen molar-refractivity contribution < 1.29 is 23.7 Å². The van der Waals surface area contributed by atoms with Crippen molar-refractivity contribution in [1.82, 2.24) is 4.90 Å². The van der Waals surface area contributed by atoms with Gasteiger partial charge in [0.25, 0.3) is 0 Å². The molecule has 0 spiro atoms. The van der Waals surface area contributed by atoms with Gasteiger partial charge in [-0.25, -0.2) is 0 Å². The fourth-order valence-corrected chi connectivity index (χ4v) is 2.91. The van der Waals surface area contributed by atoms with Crippen molar-refractivity contribution in [2.24, 2.45) is 0 Å². The molecule has 0 aliphatic carbocycles. The molecule has 1 aromatic carbocycles. The number of aliphatic hydroxyl groups excluding tert-OH is 1. The van der Waals surface area contributed by atoms with Crippen LogP contribution in [0.3, 0.4) is 0 Å². The molecule has 6 nitrogen and oxygen atoms in total. The molecule has 1 atom stereocenters. The van der Waals surface area contributed by atoms with Crippen molar-refractivity contribution in [2.45, 2.75) is 32.6 Å². The zero-order valence-corrected chi connectivity index (χ0v) is 15.8. The van der Waals surface area contributed by atoms with E-state index in [2.05, 4.69) is 11.8 Å². The normalized spacial score (nSPS) is 12.3. The maximum absolute atomic E-state index is 10.3. The van der Waals surface area contributed by atoms with Gasteiger partial charge in [0, 0.05) is 18.7 Å². The monoisotopic (exact) mass is 363 g/mol. The highest BCUT2D eigenvalue weighted by Gasteiger charge is 2.16. The molecule has 0 amide bonds. The van der Waals surface area contributed by atoms with E-state index in [4.69, 9.17) is 18.6 Å². The molecule has 0 saturated carbocycles. The van der Waals surface area contributed by atoms with Crippen LogP contribution in [0.1, 0.15) is 24.7 Å². The second-order valence-corrected chi connectivity index (χ2v) is 6.14. The van der Waals surface area contributed by atoms with Crippen LogP contribution >= 0.6 is 0 Å². The third kappa shape index (κ3) is 6.05. The quantitative estimate of drug-likeness (QED) is 0.625. The van der Waals surface area contributed by atoms with Gasteiger partial charge in [0.2, 0.25) is 0 Å². The number of rotatable bonds is 12. The molecule has 2 aromatic rings. The maximum atomic E-state index is 10.3. The van der Waals surface area contributed by atoms with Gasteiger partial charge in [0.15, 0.2) is 11.5 Å². The fourth-order valence-electron chi connectivity index (χ4n) is 2.91. The Morgan fingerprint density at radius 2 is 2.00 bits per heavy atom. The van der Waals surface area contributed by atoms with Crippen LogP contribution in [0, 0.1) is 0 Å². The van der Waals surface area contributed by atoms with Crippen molar-refractivity contribution in [1.29, 1.82) is 0 Å². The van der Waals surface area contributed by atoms with E-state index in [-0.39, 0.29) is 6.61 Å². The lowest BCUT2D eigenvalue weighted by Gasteiger charge is -2.25.